The van der Waals surface area contributed by atoms with Gasteiger partial charge in [0.05, 0.1) is 6.04 Å². The summed E-state index contributed by atoms with van der Waals surface area (Å²) in [5.41, 5.74) is 2.21. The van der Waals surface area contributed by atoms with Crippen LogP contribution in [0.15, 0.2) is 45.6 Å². The summed E-state index contributed by atoms with van der Waals surface area (Å²) in [7, 11) is 0. The molecule has 1 saturated heterocycles. The van der Waals surface area contributed by atoms with Crippen LogP contribution in [0.25, 0.3) is 0 Å². The lowest BCUT2D eigenvalue weighted by Crippen LogP contribution is -2.52. The molecule has 2 heterocycles. The van der Waals surface area contributed by atoms with Gasteiger partial charge in [-0.15, -0.1) is 0 Å². The molecule has 128 valence electrons. The number of halogens is 1. The lowest BCUT2D eigenvalue weighted by atomic mass is 10.2. The molecule has 1 amide bonds. The van der Waals surface area contributed by atoms with Gasteiger partial charge in [-0.1, -0.05) is 22.0 Å². The van der Waals surface area contributed by atoms with Crippen LogP contribution in [0.3, 0.4) is 0 Å². The van der Waals surface area contributed by atoms with E-state index < -0.39 is 0 Å². The van der Waals surface area contributed by atoms with Crippen LogP contribution in [0.2, 0.25) is 0 Å². The molecule has 1 unspecified atom stereocenters. The molecule has 1 aliphatic rings. The van der Waals surface area contributed by atoms with Crippen molar-refractivity contribution in [2.75, 3.05) is 31.5 Å². The Morgan fingerprint density at radius 2 is 2.08 bits per heavy atom. The summed E-state index contributed by atoms with van der Waals surface area (Å²) in [6.07, 6.45) is 0. The molecule has 1 atom stereocenters. The molecule has 1 N–H and O–H groups in total. The van der Waals surface area contributed by atoms with Gasteiger partial charge in [0.1, 0.15) is 0 Å². The number of hydrogen-bond donors (Lipinski definition) is 1. The molecule has 3 rings (SSSR count). The Bertz CT molecular complexity index is 669. The molecule has 0 bridgehead atoms. The minimum absolute atomic E-state index is 0.0550. The number of carbonyl (C=O) groups excluding carboxylic acids is 1. The van der Waals surface area contributed by atoms with Crippen LogP contribution < -0.4 is 5.32 Å². The number of nitrogens with zero attached hydrogens (tertiary/aromatic N) is 2. The van der Waals surface area contributed by atoms with E-state index in [4.69, 9.17) is 0 Å². The predicted octanol–water partition coefficient (Wildman–Crippen LogP) is 3.66. The summed E-state index contributed by atoms with van der Waals surface area (Å²) in [5, 5.41) is 7.34. The van der Waals surface area contributed by atoms with Crippen LogP contribution in [0, 0.1) is 0 Å². The molecule has 1 aromatic carbocycles. The Balaban J connectivity index is 1.49. The minimum Gasteiger partial charge on any atom is -0.325 e. The molecule has 2 aromatic rings. The molecular formula is C18H22BrN3OS. The lowest BCUT2D eigenvalue weighted by Gasteiger charge is -2.37. The van der Waals surface area contributed by atoms with Crippen LogP contribution in [0.1, 0.15) is 12.5 Å². The topological polar surface area (TPSA) is 35.6 Å². The maximum Gasteiger partial charge on any atom is 0.241 e. The van der Waals surface area contributed by atoms with Crippen molar-refractivity contribution in [1.82, 2.24) is 9.80 Å². The van der Waals surface area contributed by atoms with Gasteiger partial charge in [0.15, 0.2) is 0 Å². The minimum atomic E-state index is -0.118. The highest BCUT2D eigenvalue weighted by molar-refractivity contribution is 9.10. The first-order valence-electron chi connectivity index (χ1n) is 8.16. The number of nitrogens with one attached hydrogen (secondary N) is 1. The van der Waals surface area contributed by atoms with E-state index >= 15 is 0 Å². The quantitative estimate of drug-likeness (QED) is 0.821. The second-order valence-corrected chi connectivity index (χ2v) is 7.81. The molecule has 0 aliphatic carbocycles. The van der Waals surface area contributed by atoms with Gasteiger partial charge in [-0.3, -0.25) is 14.6 Å². The van der Waals surface area contributed by atoms with Gasteiger partial charge in [0.2, 0.25) is 5.91 Å². The van der Waals surface area contributed by atoms with Crippen LogP contribution in [0.4, 0.5) is 5.69 Å². The average molecular weight is 408 g/mol. The highest BCUT2D eigenvalue weighted by Crippen LogP contribution is 2.17. The van der Waals surface area contributed by atoms with Gasteiger partial charge in [-0.2, -0.15) is 11.3 Å². The van der Waals surface area contributed by atoms with Gasteiger partial charge in [0, 0.05) is 42.9 Å². The van der Waals surface area contributed by atoms with Crippen molar-refractivity contribution in [3.8, 4) is 0 Å². The van der Waals surface area contributed by atoms with Gasteiger partial charge >= 0.3 is 0 Å². The van der Waals surface area contributed by atoms with Crippen molar-refractivity contribution < 1.29 is 4.79 Å². The zero-order valence-corrected chi connectivity index (χ0v) is 16.1. The molecule has 0 saturated carbocycles. The highest BCUT2D eigenvalue weighted by Gasteiger charge is 2.25. The maximum atomic E-state index is 12.5. The zero-order chi connectivity index (χ0) is 16.9. The number of rotatable bonds is 5. The fourth-order valence-electron chi connectivity index (χ4n) is 2.93. The summed E-state index contributed by atoms with van der Waals surface area (Å²) < 4.78 is 0.968. The summed E-state index contributed by atoms with van der Waals surface area (Å²) in [4.78, 5) is 17.2. The van der Waals surface area contributed by atoms with E-state index in [1.54, 1.807) is 11.3 Å². The van der Waals surface area contributed by atoms with Gasteiger partial charge in [-0.25, -0.2) is 0 Å². The third-order valence-electron chi connectivity index (χ3n) is 4.41. The summed E-state index contributed by atoms with van der Waals surface area (Å²) >= 11 is 5.18. The smallest absolute Gasteiger partial charge is 0.241 e. The second kappa shape index (κ2) is 8.25. The Morgan fingerprint density at radius 3 is 2.75 bits per heavy atom. The highest BCUT2D eigenvalue weighted by atomic mass is 79.9. The molecular weight excluding hydrogens is 386 g/mol. The van der Waals surface area contributed by atoms with E-state index in [0.29, 0.717) is 0 Å². The van der Waals surface area contributed by atoms with Crippen molar-refractivity contribution >= 4 is 38.9 Å². The molecule has 4 nitrogen and oxygen atoms in total. The van der Waals surface area contributed by atoms with Crippen molar-refractivity contribution in [1.29, 1.82) is 0 Å². The van der Waals surface area contributed by atoms with E-state index in [1.165, 1.54) is 5.56 Å². The molecule has 0 radical (unpaired) electrons. The average Bonchev–Trinajstić information content (AvgIpc) is 3.08. The van der Waals surface area contributed by atoms with Crippen molar-refractivity contribution in [3.63, 3.8) is 0 Å². The van der Waals surface area contributed by atoms with E-state index in [0.717, 1.165) is 42.9 Å². The maximum absolute atomic E-state index is 12.5. The Hall–Kier alpha value is -1.21. The standard InChI is InChI=1S/C18H22BrN3OS/c1-14(18(23)20-17-4-2-3-16(19)11-17)22-8-6-21(7-9-22)12-15-5-10-24-13-15/h2-5,10-11,13-14H,6-9,12H2,1H3,(H,20,23). The third-order valence-corrected chi connectivity index (χ3v) is 5.64. The number of benzene rings is 1. The Labute approximate surface area is 155 Å². The van der Waals surface area contributed by atoms with Crippen molar-refractivity contribution in [2.24, 2.45) is 0 Å². The first-order chi connectivity index (χ1) is 11.6. The normalized spacial score (nSPS) is 17.6. The van der Waals surface area contributed by atoms with E-state index in [9.17, 15) is 4.79 Å². The first-order valence-corrected chi connectivity index (χ1v) is 9.89. The van der Waals surface area contributed by atoms with Gasteiger partial charge < -0.3 is 5.32 Å². The number of anilines is 1. The Morgan fingerprint density at radius 1 is 1.29 bits per heavy atom. The van der Waals surface area contributed by atoms with Gasteiger partial charge in [-0.05, 0) is 47.5 Å². The van der Waals surface area contributed by atoms with E-state index in [1.807, 2.05) is 31.2 Å². The number of thiophene rings is 1. The second-order valence-electron chi connectivity index (χ2n) is 6.12. The molecule has 1 fully saturated rings. The van der Waals surface area contributed by atoms with Crippen LogP contribution in [0.5, 0.6) is 0 Å². The summed E-state index contributed by atoms with van der Waals surface area (Å²) in [5.74, 6) is 0.0550. The van der Waals surface area contributed by atoms with Gasteiger partial charge in [0.25, 0.3) is 0 Å². The van der Waals surface area contributed by atoms with Crippen LogP contribution >= 0.6 is 27.3 Å². The predicted molar refractivity (Wildman–Crippen MR) is 103 cm³/mol. The lowest BCUT2D eigenvalue weighted by molar-refractivity contribution is -0.121. The SMILES string of the molecule is CC(C(=O)Nc1cccc(Br)c1)N1CCN(Cc2ccsc2)CC1. The first kappa shape index (κ1) is 17.6. The van der Waals surface area contributed by atoms with E-state index in [2.05, 4.69) is 47.9 Å². The largest absolute Gasteiger partial charge is 0.325 e. The monoisotopic (exact) mass is 407 g/mol. The number of hydrogen-bond acceptors (Lipinski definition) is 4. The van der Waals surface area contributed by atoms with Crippen LogP contribution in [-0.2, 0) is 11.3 Å². The zero-order valence-electron chi connectivity index (χ0n) is 13.7. The summed E-state index contributed by atoms with van der Waals surface area (Å²) in [6, 6.07) is 9.77. The Kier molecular flexibility index (Phi) is 6.05. The van der Waals surface area contributed by atoms with Crippen molar-refractivity contribution in [2.45, 2.75) is 19.5 Å². The fourth-order valence-corrected chi connectivity index (χ4v) is 3.99. The molecule has 1 aromatic heterocycles. The van der Waals surface area contributed by atoms with Crippen molar-refractivity contribution in [3.05, 3.63) is 51.1 Å². The number of amides is 1. The molecule has 0 spiro atoms. The third kappa shape index (κ3) is 4.66. The fraction of sp³-hybridized carbons (Fsp3) is 0.389. The van der Waals surface area contributed by atoms with Crippen LogP contribution in [-0.4, -0.2) is 47.9 Å². The molecule has 1 aliphatic heterocycles. The number of carbonyl (C=O) groups is 1. The molecule has 6 heteroatoms. The van der Waals surface area contributed by atoms with E-state index in [-0.39, 0.29) is 11.9 Å². The summed E-state index contributed by atoms with van der Waals surface area (Å²) in [6.45, 7) is 6.86. The number of piperazine rings is 1. The molecule has 24 heavy (non-hydrogen) atoms.